The Balaban J connectivity index is 0.00000464. The van der Waals surface area contributed by atoms with Crippen LogP contribution in [0.2, 0.25) is 0 Å². The van der Waals surface area contributed by atoms with E-state index in [0.717, 1.165) is 30.8 Å². The fourth-order valence-corrected chi connectivity index (χ4v) is 20.5. The van der Waals surface area contributed by atoms with Gasteiger partial charge >= 0.3 is 0 Å². The van der Waals surface area contributed by atoms with E-state index in [4.69, 9.17) is 0 Å². The van der Waals surface area contributed by atoms with Gasteiger partial charge in [0.05, 0.1) is 3.16 Å². The summed E-state index contributed by atoms with van der Waals surface area (Å²) in [6.07, 6.45) is 30.0. The van der Waals surface area contributed by atoms with Gasteiger partial charge in [-0.2, -0.15) is 0 Å². The van der Waals surface area contributed by atoms with Gasteiger partial charge < -0.3 is 9.80 Å². The van der Waals surface area contributed by atoms with Crippen molar-refractivity contribution in [2.45, 2.75) is 150 Å². The Kier molecular flexibility index (Phi) is 14.1. The summed E-state index contributed by atoms with van der Waals surface area (Å²) in [4.78, 5) is 5.35. The Morgan fingerprint density at radius 3 is 1.65 bits per heavy atom. The monoisotopic (exact) mass is 1030 g/mol. The largest absolute Gasteiger partial charge is 0.325 e. The molecule has 7 rings (SSSR count). The maximum atomic E-state index is 3.10. The van der Waals surface area contributed by atoms with E-state index in [1.807, 2.05) is 0 Å². The number of rotatable bonds is 6. The smallest absolute Gasteiger partial charge is 0.117 e. The summed E-state index contributed by atoms with van der Waals surface area (Å²) in [5, 5.41) is 0. The molecular formula is C46H61I2N2PRu. The van der Waals surface area contributed by atoms with Crippen molar-refractivity contribution in [1.29, 1.82) is 0 Å². The molecule has 6 heteroatoms. The van der Waals surface area contributed by atoms with Crippen LogP contribution >= 0.6 is 53.1 Å². The van der Waals surface area contributed by atoms with Gasteiger partial charge in [0.15, 0.2) is 0 Å². The van der Waals surface area contributed by atoms with Crippen molar-refractivity contribution in [3.05, 3.63) is 104 Å². The van der Waals surface area contributed by atoms with E-state index >= 15 is 0 Å². The van der Waals surface area contributed by atoms with E-state index in [-0.39, 0.29) is 27.4 Å². The number of hydrogen-bond acceptors (Lipinski definition) is 2. The standard InChI is InChI=1S/C46H61I2N2P.Ru/c1-31-25-33(3)43(34(4)26-31)49-23-24-50(44-35(5)27-32(2)28-36(44)6)45(49)38-16-13-15-37(29-38)30-41-42(47)21-14-22-46(41,48)51(39-17-9-7-10-18-39)40-19-11-8-12-20-40;/h13,15-16,25-28,30,39-40,42H,7-12,14,17-24,29H2,1-6H3;. The van der Waals surface area contributed by atoms with Crippen molar-refractivity contribution in [2.24, 2.45) is 0 Å². The van der Waals surface area contributed by atoms with Crippen LogP contribution in [-0.2, 0) is 19.5 Å². The molecule has 0 aromatic heterocycles. The molecule has 2 unspecified atom stereocenters. The van der Waals surface area contributed by atoms with Crippen molar-refractivity contribution in [3.63, 3.8) is 0 Å². The van der Waals surface area contributed by atoms with E-state index in [9.17, 15) is 0 Å². The number of hydrogen-bond donors (Lipinski definition) is 0. The summed E-state index contributed by atoms with van der Waals surface area (Å²) in [6.45, 7) is 15.7. The molecule has 0 N–H and O–H groups in total. The summed E-state index contributed by atoms with van der Waals surface area (Å²) < 4.78 is 0.984. The zero-order valence-electron chi connectivity index (χ0n) is 32.6. The van der Waals surface area contributed by atoms with Gasteiger partial charge in [0, 0.05) is 54.3 Å². The normalized spacial score (nSPS) is 25.7. The van der Waals surface area contributed by atoms with Gasteiger partial charge in [-0.1, -0.05) is 158 Å². The van der Waals surface area contributed by atoms with Crippen molar-refractivity contribution in [3.8, 4) is 0 Å². The Hall–Kier alpha value is -0.487. The van der Waals surface area contributed by atoms with Crippen molar-refractivity contribution in [1.82, 2.24) is 0 Å². The SMILES string of the molecule is Cc1cc(C)c(N2CCN(c3c(C)cc(C)cc3C)C2=C2C=CC=C(C=C3C(I)CCCC3(I)P(C3CCCCC3)C3CCCCC3)C2)c(C)c1.[Ru]. The van der Waals surface area contributed by atoms with Crippen molar-refractivity contribution < 1.29 is 19.5 Å². The van der Waals surface area contributed by atoms with Crippen LogP contribution in [0.25, 0.3) is 0 Å². The minimum Gasteiger partial charge on any atom is -0.325 e. The van der Waals surface area contributed by atoms with Crippen LogP contribution in [0.4, 0.5) is 11.4 Å². The fraction of sp³-hybridized carbons (Fsp3) is 0.565. The minimum atomic E-state index is -0.0650. The number of halogens is 2. The molecule has 0 amide bonds. The summed E-state index contributed by atoms with van der Waals surface area (Å²) in [6, 6.07) is 9.51. The van der Waals surface area contributed by atoms with Crippen LogP contribution in [0, 0.1) is 41.5 Å². The quantitative estimate of drug-likeness (QED) is 0.123. The van der Waals surface area contributed by atoms with Gasteiger partial charge in [0.1, 0.15) is 5.82 Å². The molecule has 5 aliphatic rings. The molecule has 2 atom stereocenters. The number of alkyl halides is 2. The maximum Gasteiger partial charge on any atom is 0.117 e. The van der Waals surface area contributed by atoms with Crippen molar-refractivity contribution in [2.75, 3.05) is 22.9 Å². The van der Waals surface area contributed by atoms with Gasteiger partial charge in [-0.15, -0.1) is 0 Å². The molecule has 52 heavy (non-hydrogen) atoms. The number of aryl methyl sites for hydroxylation is 6. The molecule has 4 fully saturated rings. The van der Waals surface area contributed by atoms with Crippen LogP contribution in [0.3, 0.4) is 0 Å². The molecule has 1 saturated heterocycles. The second kappa shape index (κ2) is 17.8. The van der Waals surface area contributed by atoms with Crippen LogP contribution in [0.15, 0.2) is 71.1 Å². The Labute approximate surface area is 358 Å². The van der Waals surface area contributed by atoms with Crippen LogP contribution in [0.5, 0.6) is 0 Å². The summed E-state index contributed by atoms with van der Waals surface area (Å²) in [5.74, 6) is 1.39. The van der Waals surface area contributed by atoms with Gasteiger partial charge in [-0.25, -0.2) is 0 Å². The molecule has 3 saturated carbocycles. The minimum absolute atomic E-state index is 0. The number of allylic oxidation sites excluding steroid dienone is 7. The Morgan fingerprint density at radius 2 is 1.17 bits per heavy atom. The maximum absolute atomic E-state index is 3.10. The van der Waals surface area contributed by atoms with Crippen molar-refractivity contribution >= 4 is 64.5 Å². The first-order chi connectivity index (χ1) is 24.5. The van der Waals surface area contributed by atoms with E-state index in [2.05, 4.69) is 145 Å². The molecule has 1 aliphatic heterocycles. The first kappa shape index (κ1) is 41.2. The molecule has 2 nitrogen and oxygen atoms in total. The molecule has 0 spiro atoms. The molecule has 4 aliphatic carbocycles. The van der Waals surface area contributed by atoms with Crippen LogP contribution < -0.4 is 9.80 Å². The van der Waals surface area contributed by atoms with Gasteiger partial charge in [-0.3, -0.25) is 0 Å². The topological polar surface area (TPSA) is 6.48 Å². The first-order valence-electron chi connectivity index (χ1n) is 20.2. The second-order valence-corrected chi connectivity index (χ2v) is 23.9. The third-order valence-electron chi connectivity index (χ3n) is 12.6. The van der Waals surface area contributed by atoms with Crippen LogP contribution in [-0.4, -0.2) is 31.5 Å². The zero-order valence-corrected chi connectivity index (χ0v) is 39.6. The fourth-order valence-electron chi connectivity index (χ4n) is 10.7. The van der Waals surface area contributed by atoms with Crippen LogP contribution in [0.1, 0.15) is 123 Å². The zero-order chi connectivity index (χ0) is 35.9. The second-order valence-electron chi connectivity index (χ2n) is 16.6. The average Bonchev–Trinajstić information content (AvgIpc) is 3.50. The summed E-state index contributed by atoms with van der Waals surface area (Å²) >= 11 is 5.96. The summed E-state index contributed by atoms with van der Waals surface area (Å²) in [7, 11) is -0.0650. The third kappa shape index (κ3) is 8.44. The van der Waals surface area contributed by atoms with E-state index in [1.165, 1.54) is 145 Å². The molecule has 282 valence electrons. The van der Waals surface area contributed by atoms with E-state index in [1.54, 1.807) is 5.57 Å². The molecule has 0 bridgehead atoms. The van der Waals surface area contributed by atoms with Gasteiger partial charge in [0.25, 0.3) is 0 Å². The third-order valence-corrected chi connectivity index (χ3v) is 20.6. The first-order valence-corrected chi connectivity index (χ1v) is 24.0. The summed E-state index contributed by atoms with van der Waals surface area (Å²) in [5.41, 5.74) is 17.7. The average molecular weight is 1030 g/mol. The number of anilines is 2. The molecule has 2 aromatic rings. The number of benzene rings is 2. The predicted molar refractivity (Wildman–Crippen MR) is 242 cm³/mol. The molecule has 0 radical (unpaired) electrons. The van der Waals surface area contributed by atoms with Gasteiger partial charge in [-0.05, 0) is 130 Å². The van der Waals surface area contributed by atoms with E-state index < -0.39 is 0 Å². The molecule has 2 aromatic carbocycles. The predicted octanol–water partition coefficient (Wildman–Crippen LogP) is 14.2. The number of nitrogens with zero attached hydrogens (tertiary/aromatic N) is 2. The Morgan fingerprint density at radius 1 is 0.692 bits per heavy atom. The Bertz CT molecular complexity index is 1610. The molecular weight excluding hydrogens is 966 g/mol. The van der Waals surface area contributed by atoms with E-state index in [0.29, 0.717) is 7.09 Å². The molecule has 1 heterocycles. The van der Waals surface area contributed by atoms with Gasteiger partial charge in [0.2, 0.25) is 0 Å².